The first-order valence-corrected chi connectivity index (χ1v) is 6.02. The topological polar surface area (TPSA) is 24.1 Å². The molecule has 0 saturated carbocycles. The van der Waals surface area contributed by atoms with E-state index in [9.17, 15) is 13.2 Å². The minimum atomic E-state index is -4.31. The summed E-state index contributed by atoms with van der Waals surface area (Å²) in [6.45, 7) is 3.02. The summed E-state index contributed by atoms with van der Waals surface area (Å²) >= 11 is 4.98. The molecule has 100 valence electrons. The van der Waals surface area contributed by atoms with Crippen molar-refractivity contribution in [2.24, 2.45) is 0 Å². The number of alkyl halides is 3. The minimum absolute atomic E-state index is 0.277. The highest BCUT2D eigenvalue weighted by Gasteiger charge is 2.30. The summed E-state index contributed by atoms with van der Waals surface area (Å²) < 4.78 is 37.4. The van der Waals surface area contributed by atoms with Crippen LogP contribution >= 0.6 is 12.2 Å². The molecule has 0 heterocycles. The Morgan fingerprint density at radius 1 is 1.28 bits per heavy atom. The van der Waals surface area contributed by atoms with Crippen LogP contribution in [0.4, 0.5) is 13.2 Å². The Balaban J connectivity index is 2.55. The van der Waals surface area contributed by atoms with Crippen LogP contribution in [0.3, 0.4) is 0 Å². The molecule has 0 aromatic heterocycles. The summed E-state index contributed by atoms with van der Waals surface area (Å²) in [5, 5.41) is 6.26. The van der Waals surface area contributed by atoms with Gasteiger partial charge in [0.25, 0.3) is 0 Å². The van der Waals surface area contributed by atoms with Gasteiger partial charge in [0.2, 0.25) is 0 Å². The smallest absolute Gasteiger partial charge is 0.363 e. The molecule has 0 aliphatic rings. The third kappa shape index (κ3) is 4.91. The van der Waals surface area contributed by atoms with E-state index in [0.717, 1.165) is 25.1 Å². The predicted octanol–water partition coefficient (Wildman–Crippen LogP) is 3.08. The van der Waals surface area contributed by atoms with Gasteiger partial charge in [-0.2, -0.15) is 13.2 Å². The minimum Gasteiger partial charge on any atom is -0.363 e. The maximum absolute atomic E-state index is 12.5. The van der Waals surface area contributed by atoms with E-state index in [1.54, 1.807) is 6.07 Å². The molecule has 0 bridgehead atoms. The van der Waals surface area contributed by atoms with Gasteiger partial charge in [0.15, 0.2) is 5.11 Å². The second-order valence-electron chi connectivity index (χ2n) is 3.81. The van der Waals surface area contributed by atoms with Crippen LogP contribution in [0.15, 0.2) is 24.3 Å². The van der Waals surface area contributed by atoms with Crippen LogP contribution in [0.25, 0.3) is 0 Å². The Kier molecular flexibility index (Phi) is 5.40. The normalized spacial score (nSPS) is 11.1. The van der Waals surface area contributed by atoms with Crippen molar-refractivity contribution in [2.75, 3.05) is 6.54 Å². The highest BCUT2D eigenvalue weighted by molar-refractivity contribution is 7.80. The standard InChI is InChI=1S/C12H15F3N2S/c1-2-6-16-11(18)17-8-9-4-3-5-10(7-9)12(13,14)15/h3-5,7H,2,6,8H2,1H3,(H2,16,17,18). The Morgan fingerprint density at radius 2 is 2.00 bits per heavy atom. The monoisotopic (exact) mass is 276 g/mol. The zero-order valence-corrected chi connectivity index (χ0v) is 10.8. The van der Waals surface area contributed by atoms with Crippen LogP contribution in [0, 0.1) is 0 Å². The molecule has 0 spiro atoms. The Labute approximate surface area is 110 Å². The zero-order valence-electron chi connectivity index (χ0n) is 9.97. The molecule has 1 aromatic carbocycles. The molecule has 0 aliphatic heterocycles. The van der Waals surface area contributed by atoms with Gasteiger partial charge in [-0.1, -0.05) is 19.1 Å². The van der Waals surface area contributed by atoms with E-state index in [1.807, 2.05) is 6.92 Å². The van der Waals surface area contributed by atoms with Crippen LogP contribution < -0.4 is 10.6 Å². The van der Waals surface area contributed by atoms with Crippen LogP contribution in [-0.2, 0) is 12.7 Å². The third-order valence-corrected chi connectivity index (χ3v) is 2.53. The SMILES string of the molecule is CCCNC(=S)NCc1cccc(C(F)(F)F)c1. The molecule has 2 nitrogen and oxygen atoms in total. The zero-order chi connectivity index (χ0) is 13.6. The highest BCUT2D eigenvalue weighted by Crippen LogP contribution is 2.29. The summed E-state index contributed by atoms with van der Waals surface area (Å²) in [5.74, 6) is 0. The number of halogens is 3. The van der Waals surface area contributed by atoms with Gasteiger partial charge in [0.1, 0.15) is 0 Å². The maximum atomic E-state index is 12.5. The third-order valence-electron chi connectivity index (χ3n) is 2.24. The summed E-state index contributed by atoms with van der Waals surface area (Å²) in [4.78, 5) is 0. The summed E-state index contributed by atoms with van der Waals surface area (Å²) in [6, 6.07) is 5.19. The average molecular weight is 276 g/mol. The number of benzene rings is 1. The van der Waals surface area contributed by atoms with E-state index in [1.165, 1.54) is 6.07 Å². The van der Waals surface area contributed by atoms with Crippen LogP contribution in [0.1, 0.15) is 24.5 Å². The van der Waals surface area contributed by atoms with Crippen molar-refractivity contribution in [1.82, 2.24) is 10.6 Å². The van der Waals surface area contributed by atoms with Crippen LogP contribution in [0.2, 0.25) is 0 Å². The molecule has 2 N–H and O–H groups in total. The molecule has 18 heavy (non-hydrogen) atoms. The molecule has 0 unspecified atom stereocenters. The molecule has 1 rings (SSSR count). The quantitative estimate of drug-likeness (QED) is 0.826. The number of nitrogens with one attached hydrogen (secondary N) is 2. The second-order valence-corrected chi connectivity index (χ2v) is 4.22. The molecule has 0 atom stereocenters. The fourth-order valence-corrected chi connectivity index (χ4v) is 1.52. The molecule has 0 radical (unpaired) electrons. The lowest BCUT2D eigenvalue weighted by atomic mass is 10.1. The van der Waals surface area contributed by atoms with E-state index < -0.39 is 11.7 Å². The molecular weight excluding hydrogens is 261 g/mol. The number of thiocarbonyl (C=S) groups is 1. The predicted molar refractivity (Wildman–Crippen MR) is 69.2 cm³/mol. The molecule has 0 aliphatic carbocycles. The fourth-order valence-electron chi connectivity index (χ4n) is 1.34. The molecule has 0 amide bonds. The molecular formula is C12H15F3N2S. The van der Waals surface area contributed by atoms with Gasteiger partial charge in [0.05, 0.1) is 5.56 Å². The van der Waals surface area contributed by atoms with Gasteiger partial charge in [-0.15, -0.1) is 0 Å². The van der Waals surface area contributed by atoms with Crippen molar-refractivity contribution < 1.29 is 13.2 Å². The number of rotatable bonds is 4. The van der Waals surface area contributed by atoms with Gasteiger partial charge < -0.3 is 10.6 Å². The van der Waals surface area contributed by atoms with Gasteiger partial charge in [-0.25, -0.2) is 0 Å². The first-order valence-electron chi connectivity index (χ1n) is 5.61. The summed E-state index contributed by atoms with van der Waals surface area (Å²) in [7, 11) is 0. The van der Waals surface area contributed by atoms with Crippen LogP contribution in [0.5, 0.6) is 0 Å². The first kappa shape index (κ1) is 14.8. The van der Waals surface area contributed by atoms with E-state index in [-0.39, 0.29) is 6.54 Å². The van der Waals surface area contributed by atoms with Crippen molar-refractivity contribution in [3.8, 4) is 0 Å². The highest BCUT2D eigenvalue weighted by atomic mass is 32.1. The Hall–Kier alpha value is -1.30. The number of hydrogen-bond acceptors (Lipinski definition) is 1. The largest absolute Gasteiger partial charge is 0.416 e. The summed E-state index contributed by atoms with van der Waals surface area (Å²) in [6.07, 6.45) is -3.37. The van der Waals surface area contributed by atoms with Gasteiger partial charge in [0, 0.05) is 13.1 Å². The molecule has 1 aromatic rings. The lowest BCUT2D eigenvalue weighted by Crippen LogP contribution is -2.35. The van der Waals surface area contributed by atoms with Gasteiger partial charge >= 0.3 is 6.18 Å². The van der Waals surface area contributed by atoms with E-state index in [2.05, 4.69) is 10.6 Å². The van der Waals surface area contributed by atoms with Crippen molar-refractivity contribution in [1.29, 1.82) is 0 Å². The fraction of sp³-hybridized carbons (Fsp3) is 0.417. The van der Waals surface area contributed by atoms with Gasteiger partial charge in [-0.3, -0.25) is 0 Å². The van der Waals surface area contributed by atoms with Crippen molar-refractivity contribution in [2.45, 2.75) is 26.1 Å². The lowest BCUT2D eigenvalue weighted by Gasteiger charge is -2.11. The van der Waals surface area contributed by atoms with E-state index in [4.69, 9.17) is 12.2 Å². The molecule has 0 saturated heterocycles. The maximum Gasteiger partial charge on any atom is 0.416 e. The lowest BCUT2D eigenvalue weighted by molar-refractivity contribution is -0.137. The first-order chi connectivity index (χ1) is 8.43. The van der Waals surface area contributed by atoms with Crippen LogP contribution in [-0.4, -0.2) is 11.7 Å². The Bertz CT molecular complexity index is 405. The van der Waals surface area contributed by atoms with Crippen molar-refractivity contribution in [3.05, 3.63) is 35.4 Å². The summed E-state index contributed by atoms with van der Waals surface area (Å²) in [5.41, 5.74) is -0.0975. The van der Waals surface area contributed by atoms with Crippen molar-refractivity contribution in [3.63, 3.8) is 0 Å². The molecule has 0 fully saturated rings. The average Bonchev–Trinajstić information content (AvgIpc) is 2.33. The Morgan fingerprint density at radius 3 is 2.61 bits per heavy atom. The molecule has 6 heteroatoms. The van der Waals surface area contributed by atoms with E-state index in [0.29, 0.717) is 10.7 Å². The second kappa shape index (κ2) is 6.58. The van der Waals surface area contributed by atoms with Crippen molar-refractivity contribution >= 4 is 17.3 Å². The number of hydrogen-bond donors (Lipinski definition) is 2. The van der Waals surface area contributed by atoms with Gasteiger partial charge in [-0.05, 0) is 36.3 Å². The van der Waals surface area contributed by atoms with E-state index >= 15 is 0 Å².